The Morgan fingerprint density at radius 3 is 2.41 bits per heavy atom. The molecule has 0 fully saturated rings. The molecule has 0 unspecified atom stereocenters. The molecule has 0 saturated carbocycles. The lowest BCUT2D eigenvalue weighted by molar-refractivity contribution is 0.250. The number of urea groups is 1. The van der Waals surface area contributed by atoms with Gasteiger partial charge in [-0.3, -0.25) is 5.43 Å². The van der Waals surface area contributed by atoms with E-state index in [4.69, 9.17) is 34.8 Å². The number of nitrogens with zero attached hydrogens (tertiary/aromatic N) is 1. The van der Waals surface area contributed by atoms with E-state index >= 15 is 0 Å². The van der Waals surface area contributed by atoms with Gasteiger partial charge in [0, 0.05) is 25.7 Å². The molecule has 142 valence electrons. The lowest BCUT2D eigenvalue weighted by Crippen LogP contribution is -2.43. The summed E-state index contributed by atoms with van der Waals surface area (Å²) in [6.07, 6.45) is 0. The Kier molecular flexibility index (Phi) is 5.78. The fourth-order valence-electron chi connectivity index (χ4n) is 2.15. The third kappa shape index (κ3) is 4.80. The molecule has 0 spiro atoms. The molecule has 2 amide bonds. The Labute approximate surface area is 174 Å². The van der Waals surface area contributed by atoms with Gasteiger partial charge in [0.25, 0.3) is 10.0 Å². The Bertz CT molecular complexity index is 1050. The van der Waals surface area contributed by atoms with Gasteiger partial charge < -0.3 is 5.32 Å². The quantitative estimate of drug-likeness (QED) is 0.541. The van der Waals surface area contributed by atoms with Crippen molar-refractivity contribution in [2.45, 2.75) is 16.7 Å². The van der Waals surface area contributed by atoms with E-state index in [1.54, 1.807) is 13.0 Å². The molecule has 2 aromatic rings. The first-order chi connectivity index (χ1) is 12.6. The zero-order valence-corrected chi connectivity index (χ0v) is 17.4. The molecule has 0 aliphatic carbocycles. The molecule has 0 atom stereocenters. The maximum absolute atomic E-state index is 12.3. The zero-order chi connectivity index (χ0) is 19.8. The average Bonchev–Trinajstić information content (AvgIpc) is 2.53. The summed E-state index contributed by atoms with van der Waals surface area (Å²) in [5.74, 6) is 0. The molecule has 2 aromatic carbocycles. The Balaban J connectivity index is 1.70. The summed E-state index contributed by atoms with van der Waals surface area (Å²) in [6.45, 7) is 1.70. The number of rotatable bonds is 1. The number of amidine groups is 1. The van der Waals surface area contributed by atoms with Gasteiger partial charge >= 0.3 is 6.03 Å². The summed E-state index contributed by atoms with van der Waals surface area (Å²) in [5, 5.41) is 3.62. The third-order valence-electron chi connectivity index (χ3n) is 3.32. The number of benzene rings is 2. The highest BCUT2D eigenvalue weighted by molar-refractivity contribution is 8.15. The number of hydrazine groups is 1. The Morgan fingerprint density at radius 1 is 1.07 bits per heavy atom. The van der Waals surface area contributed by atoms with Gasteiger partial charge in [0.2, 0.25) is 0 Å². The van der Waals surface area contributed by atoms with E-state index in [1.165, 1.54) is 24.3 Å². The summed E-state index contributed by atoms with van der Waals surface area (Å²) >= 11 is 18.8. The van der Waals surface area contributed by atoms with Crippen LogP contribution in [-0.2, 0) is 10.0 Å². The van der Waals surface area contributed by atoms with Crippen LogP contribution in [0.1, 0.15) is 5.56 Å². The molecule has 7 nitrogen and oxygen atoms in total. The second-order valence-corrected chi connectivity index (χ2v) is 9.27. The second-order valence-electron chi connectivity index (χ2n) is 5.38. The van der Waals surface area contributed by atoms with Crippen molar-refractivity contribution in [2.75, 3.05) is 5.32 Å². The first-order valence-electron chi connectivity index (χ1n) is 7.26. The summed E-state index contributed by atoms with van der Waals surface area (Å²) < 4.78 is 28.3. The molecule has 3 N–H and O–H groups in total. The summed E-state index contributed by atoms with van der Waals surface area (Å²) in [4.78, 5) is 12.5. The highest BCUT2D eigenvalue weighted by Crippen LogP contribution is 2.36. The molecule has 0 radical (unpaired) electrons. The molecular formula is C15H11Cl3N4O3S2. The lowest BCUT2D eigenvalue weighted by atomic mass is 10.2. The molecule has 0 aromatic heterocycles. The van der Waals surface area contributed by atoms with E-state index in [0.717, 1.165) is 11.8 Å². The van der Waals surface area contributed by atoms with Gasteiger partial charge in [-0.2, -0.15) is 8.42 Å². The van der Waals surface area contributed by atoms with Crippen molar-refractivity contribution in [1.29, 1.82) is 0 Å². The molecule has 1 heterocycles. The van der Waals surface area contributed by atoms with Crippen LogP contribution in [0, 0.1) is 6.92 Å². The predicted molar refractivity (Wildman–Crippen MR) is 108 cm³/mol. The van der Waals surface area contributed by atoms with Crippen LogP contribution >= 0.6 is 46.6 Å². The van der Waals surface area contributed by atoms with Gasteiger partial charge in [0.05, 0.1) is 0 Å². The van der Waals surface area contributed by atoms with Crippen LogP contribution in [0.25, 0.3) is 0 Å². The molecule has 0 saturated heterocycles. The van der Waals surface area contributed by atoms with E-state index in [-0.39, 0.29) is 10.1 Å². The predicted octanol–water partition coefficient (Wildman–Crippen LogP) is 4.43. The molecule has 3 rings (SSSR count). The van der Waals surface area contributed by atoms with Crippen LogP contribution in [0.3, 0.4) is 0 Å². The molecular weight excluding hydrogens is 455 g/mol. The highest BCUT2D eigenvalue weighted by atomic mass is 35.5. The summed E-state index contributed by atoms with van der Waals surface area (Å²) in [5.41, 5.74) is 5.76. The molecule has 1 aliphatic rings. The minimum absolute atomic E-state index is 0.0262. The number of halogens is 3. The van der Waals surface area contributed by atoms with E-state index in [0.29, 0.717) is 31.2 Å². The number of hydrogen-bond donors (Lipinski definition) is 3. The van der Waals surface area contributed by atoms with Crippen molar-refractivity contribution in [3.63, 3.8) is 0 Å². The monoisotopic (exact) mass is 464 g/mol. The first kappa shape index (κ1) is 20.1. The Hall–Kier alpha value is -1.65. The number of fused-ring (bicyclic) bond motifs is 1. The topological polar surface area (TPSA) is 99.7 Å². The maximum atomic E-state index is 12.3. The van der Waals surface area contributed by atoms with Crippen LogP contribution in [0.2, 0.25) is 15.1 Å². The standard InChI is InChI=1S/C15H11Cl3N4O3S2/c1-7-2-13-12(6-11(7)18)26-15(22-27(13,24)25)21-20-14(23)19-10-4-8(16)3-9(17)5-10/h2-6H,1H3,(H,21,22)(H2,19,20,23). The number of anilines is 1. The van der Waals surface area contributed by atoms with E-state index < -0.39 is 16.1 Å². The molecule has 12 heteroatoms. The van der Waals surface area contributed by atoms with Gasteiger partial charge in [0.1, 0.15) is 4.90 Å². The number of thioether (sulfide) groups is 1. The summed E-state index contributed by atoms with van der Waals surface area (Å²) in [7, 11) is -3.91. The van der Waals surface area contributed by atoms with Crippen molar-refractivity contribution in [3.05, 3.63) is 51.0 Å². The highest BCUT2D eigenvalue weighted by Gasteiger charge is 2.27. The smallest absolute Gasteiger partial charge is 0.306 e. The number of sulfonamides is 1. The number of amides is 2. The first-order valence-corrected chi connectivity index (χ1v) is 10.7. The van der Waals surface area contributed by atoms with Crippen LogP contribution in [0.5, 0.6) is 0 Å². The number of hydrogen-bond acceptors (Lipinski definition) is 5. The lowest BCUT2D eigenvalue weighted by Gasteiger charge is -2.18. The normalized spacial score (nSPS) is 14.7. The number of nitrogens with one attached hydrogen (secondary N) is 3. The van der Waals surface area contributed by atoms with Gasteiger partial charge in [0.15, 0.2) is 5.17 Å². The number of carbonyl (C=O) groups is 1. The van der Waals surface area contributed by atoms with Gasteiger partial charge in [-0.15, -0.1) is 4.40 Å². The van der Waals surface area contributed by atoms with E-state index in [9.17, 15) is 13.2 Å². The fraction of sp³-hybridized carbons (Fsp3) is 0.0667. The van der Waals surface area contributed by atoms with Crippen molar-refractivity contribution in [3.8, 4) is 0 Å². The molecule has 27 heavy (non-hydrogen) atoms. The van der Waals surface area contributed by atoms with Gasteiger partial charge in [-0.05, 0) is 54.6 Å². The van der Waals surface area contributed by atoms with Crippen LogP contribution in [0.15, 0.2) is 44.5 Å². The van der Waals surface area contributed by atoms with E-state index in [1.807, 2.05) is 0 Å². The third-order valence-corrected chi connectivity index (χ3v) is 6.67. The molecule has 1 aliphatic heterocycles. The van der Waals surface area contributed by atoms with Crippen molar-refractivity contribution >= 4 is 73.5 Å². The van der Waals surface area contributed by atoms with Crippen molar-refractivity contribution in [1.82, 2.24) is 10.9 Å². The largest absolute Gasteiger partial charge is 0.337 e. The SMILES string of the molecule is Cc1cc2c(cc1Cl)SC(NNC(=O)Nc1cc(Cl)cc(Cl)c1)=NS2(=O)=O. The van der Waals surface area contributed by atoms with Crippen molar-refractivity contribution < 1.29 is 13.2 Å². The van der Waals surface area contributed by atoms with Gasteiger partial charge in [-0.25, -0.2) is 10.2 Å². The number of carbonyl (C=O) groups excluding carboxylic acids is 1. The second kappa shape index (κ2) is 7.76. The minimum atomic E-state index is -3.91. The average molecular weight is 466 g/mol. The summed E-state index contributed by atoms with van der Waals surface area (Å²) in [6, 6.07) is 6.87. The van der Waals surface area contributed by atoms with Crippen LogP contribution in [-0.4, -0.2) is 19.6 Å². The number of aryl methyl sites for hydroxylation is 1. The van der Waals surface area contributed by atoms with Crippen LogP contribution < -0.4 is 16.2 Å². The Morgan fingerprint density at radius 2 is 1.74 bits per heavy atom. The zero-order valence-electron chi connectivity index (χ0n) is 13.5. The fourth-order valence-corrected chi connectivity index (χ4v) is 5.43. The van der Waals surface area contributed by atoms with E-state index in [2.05, 4.69) is 20.6 Å². The van der Waals surface area contributed by atoms with Gasteiger partial charge in [-0.1, -0.05) is 34.8 Å². The maximum Gasteiger partial charge on any atom is 0.337 e. The minimum Gasteiger partial charge on any atom is -0.306 e. The van der Waals surface area contributed by atoms with Crippen LogP contribution in [0.4, 0.5) is 10.5 Å². The molecule has 0 bridgehead atoms. The van der Waals surface area contributed by atoms with Crippen molar-refractivity contribution in [2.24, 2.45) is 4.40 Å².